The summed E-state index contributed by atoms with van der Waals surface area (Å²) in [6.45, 7) is 4.29. The number of aliphatic carboxylic acids is 1. The van der Waals surface area contributed by atoms with Crippen LogP contribution in [-0.2, 0) is 32.6 Å². The van der Waals surface area contributed by atoms with Gasteiger partial charge in [0.05, 0.1) is 35.9 Å². The maximum atomic E-state index is 14.4. The lowest BCUT2D eigenvalue weighted by atomic mass is 9.82. The molecule has 0 bridgehead atoms. The molecule has 3 heterocycles. The van der Waals surface area contributed by atoms with Gasteiger partial charge in [-0.15, -0.1) is 0 Å². The molecule has 0 radical (unpaired) electrons. The molecule has 2 aromatic rings. The van der Waals surface area contributed by atoms with Crippen LogP contribution in [0, 0.1) is 24.2 Å². The minimum absolute atomic E-state index is 0.0164. The number of hydrogen-bond donors (Lipinski definition) is 1. The largest absolute Gasteiger partial charge is 0.481 e. The molecule has 1 aromatic carbocycles. The summed E-state index contributed by atoms with van der Waals surface area (Å²) in [5.74, 6) is -2.29. The molecule has 7 rings (SSSR count). The van der Waals surface area contributed by atoms with E-state index in [0.29, 0.717) is 75.4 Å². The van der Waals surface area contributed by atoms with Crippen LogP contribution < -0.4 is 0 Å². The Hall–Kier alpha value is -3.47. The van der Waals surface area contributed by atoms with Crippen molar-refractivity contribution in [2.75, 3.05) is 26.3 Å². The summed E-state index contributed by atoms with van der Waals surface area (Å²) in [6.07, 6.45) is 0.743. The van der Waals surface area contributed by atoms with Crippen molar-refractivity contribution >= 4 is 23.4 Å². The minimum Gasteiger partial charge on any atom is -0.481 e. The maximum absolute atomic E-state index is 14.4. The highest BCUT2D eigenvalue weighted by Gasteiger charge is 2.65. The van der Waals surface area contributed by atoms with Gasteiger partial charge in [-0.05, 0) is 75.0 Å². The van der Waals surface area contributed by atoms with E-state index in [1.807, 2.05) is 11.0 Å². The van der Waals surface area contributed by atoms with Gasteiger partial charge in [0.2, 0.25) is 5.91 Å². The molecule has 1 aromatic heterocycles. The number of alkyl halides is 3. The highest BCUT2D eigenvalue weighted by Crippen LogP contribution is 2.60. The molecule has 5 aliphatic rings. The monoisotopic (exact) mass is 611 g/mol. The molecule has 1 amide bonds. The summed E-state index contributed by atoms with van der Waals surface area (Å²) in [5.41, 5.74) is 1.29. The van der Waals surface area contributed by atoms with Gasteiger partial charge in [0.15, 0.2) is 0 Å². The fourth-order valence-corrected chi connectivity index (χ4v) is 7.82. The van der Waals surface area contributed by atoms with Crippen molar-refractivity contribution in [1.82, 2.24) is 14.7 Å². The zero-order valence-electron chi connectivity index (χ0n) is 24.7. The summed E-state index contributed by atoms with van der Waals surface area (Å²) in [6, 6.07) is 4.62. The minimum atomic E-state index is -4.49. The lowest BCUT2D eigenvalue weighted by Gasteiger charge is -2.38. The van der Waals surface area contributed by atoms with Crippen molar-refractivity contribution in [3.8, 4) is 0 Å². The number of halogens is 3. The molecule has 1 spiro atoms. The van der Waals surface area contributed by atoms with Gasteiger partial charge in [-0.25, -0.2) is 0 Å². The highest BCUT2D eigenvalue weighted by atomic mass is 19.4. The number of carboxylic acid groups (broad SMARTS) is 1. The van der Waals surface area contributed by atoms with Gasteiger partial charge in [-0.1, -0.05) is 24.3 Å². The molecule has 234 valence electrons. The van der Waals surface area contributed by atoms with E-state index < -0.39 is 29.4 Å². The predicted octanol–water partition coefficient (Wildman–Crippen LogP) is 5.10. The maximum Gasteiger partial charge on any atom is 0.398 e. The molecule has 44 heavy (non-hydrogen) atoms. The van der Waals surface area contributed by atoms with E-state index in [9.17, 15) is 32.7 Å². The number of nitrogens with zero attached hydrogens (tertiary/aromatic N) is 3. The van der Waals surface area contributed by atoms with Crippen molar-refractivity contribution in [1.29, 1.82) is 0 Å². The molecule has 2 unspecified atom stereocenters. The number of hydrogen-bond acceptors (Lipinski definition) is 5. The van der Waals surface area contributed by atoms with Crippen LogP contribution in [0.2, 0.25) is 0 Å². The molecule has 2 saturated heterocycles. The van der Waals surface area contributed by atoms with E-state index >= 15 is 0 Å². The van der Waals surface area contributed by atoms with E-state index in [-0.39, 0.29) is 47.6 Å². The number of carboxylic acids is 1. The van der Waals surface area contributed by atoms with Crippen molar-refractivity contribution < 1.29 is 37.4 Å². The van der Waals surface area contributed by atoms with Crippen LogP contribution in [0.4, 0.5) is 13.2 Å². The molecule has 3 fully saturated rings. The standard InChI is InChI=1S/C33H36F3N3O5/c1-19-3-2-4-24(32(11-12-32)33(34,35)36)26(19)29(41)39-25-15-22(28(40)38-14-13-31(16-38)17-44-18-31)9-10-23(25)27(37-39)20-5-7-21(8-6-20)30(42)43/h2-5,21-22H,6-18H2,1H3,(H,42,43). The van der Waals surface area contributed by atoms with Crippen LogP contribution in [0.25, 0.3) is 5.57 Å². The van der Waals surface area contributed by atoms with E-state index in [1.54, 1.807) is 19.1 Å². The first kappa shape index (κ1) is 29.3. The smallest absolute Gasteiger partial charge is 0.398 e. The molecule has 11 heteroatoms. The lowest BCUT2D eigenvalue weighted by Crippen LogP contribution is -2.46. The first-order chi connectivity index (χ1) is 20.9. The summed E-state index contributed by atoms with van der Waals surface area (Å²) in [7, 11) is 0. The molecular formula is C33H36F3N3O5. The Kier molecular flexibility index (Phi) is 6.84. The first-order valence-electron chi connectivity index (χ1n) is 15.5. The van der Waals surface area contributed by atoms with Gasteiger partial charge in [0, 0.05) is 42.0 Å². The summed E-state index contributed by atoms with van der Waals surface area (Å²) in [5, 5.41) is 14.3. The second kappa shape index (κ2) is 10.3. The number of amides is 1. The molecule has 8 nitrogen and oxygen atoms in total. The van der Waals surface area contributed by atoms with Crippen molar-refractivity contribution in [3.63, 3.8) is 0 Å². The fourth-order valence-electron chi connectivity index (χ4n) is 7.82. The van der Waals surface area contributed by atoms with Gasteiger partial charge < -0.3 is 14.7 Å². The Morgan fingerprint density at radius 1 is 1.07 bits per heavy atom. The number of aryl methyl sites for hydroxylation is 1. The average molecular weight is 612 g/mol. The second-order valence-electron chi connectivity index (χ2n) is 13.5. The van der Waals surface area contributed by atoms with E-state index in [2.05, 4.69) is 0 Å². The number of fused-ring (bicyclic) bond motifs is 1. The first-order valence-corrected chi connectivity index (χ1v) is 15.5. The third-order valence-corrected chi connectivity index (χ3v) is 10.7. The molecule has 1 N–H and O–H groups in total. The number of rotatable bonds is 5. The topological polar surface area (TPSA) is 102 Å². The number of allylic oxidation sites excluding steroid dienone is 2. The molecule has 3 aliphatic carbocycles. The molecular weight excluding hydrogens is 575 g/mol. The lowest BCUT2D eigenvalue weighted by molar-refractivity contribution is -0.160. The van der Waals surface area contributed by atoms with Crippen molar-refractivity contribution in [2.45, 2.75) is 76.3 Å². The van der Waals surface area contributed by atoms with Gasteiger partial charge in [0.1, 0.15) is 0 Å². The quantitative estimate of drug-likeness (QED) is 0.505. The summed E-state index contributed by atoms with van der Waals surface area (Å²) >= 11 is 0. The van der Waals surface area contributed by atoms with Crippen LogP contribution in [-0.4, -0.2) is 70.1 Å². The van der Waals surface area contributed by atoms with Crippen LogP contribution in [0.3, 0.4) is 0 Å². The molecule has 2 aliphatic heterocycles. The summed E-state index contributed by atoms with van der Waals surface area (Å²) in [4.78, 5) is 41.6. The van der Waals surface area contributed by atoms with Crippen LogP contribution >= 0.6 is 0 Å². The Morgan fingerprint density at radius 2 is 1.82 bits per heavy atom. The van der Waals surface area contributed by atoms with E-state index in [1.165, 1.54) is 10.7 Å². The van der Waals surface area contributed by atoms with E-state index in [0.717, 1.165) is 17.6 Å². The van der Waals surface area contributed by atoms with Crippen molar-refractivity contribution in [3.05, 3.63) is 57.9 Å². The number of ether oxygens (including phenoxy) is 1. The SMILES string of the molecule is Cc1cccc(C2(C(F)(F)F)CC2)c1C(=O)n1nc(C2=CCC(C(=O)O)CC2)c2c1CC(C(=O)N1CCC3(COC3)C1)CC2. The Morgan fingerprint density at radius 3 is 2.41 bits per heavy atom. The molecule has 2 atom stereocenters. The van der Waals surface area contributed by atoms with Gasteiger partial charge in [-0.2, -0.15) is 23.0 Å². The van der Waals surface area contributed by atoms with Gasteiger partial charge in [-0.3, -0.25) is 14.4 Å². The average Bonchev–Trinajstić information content (AvgIpc) is 3.54. The van der Waals surface area contributed by atoms with Gasteiger partial charge >= 0.3 is 12.1 Å². The van der Waals surface area contributed by atoms with Crippen LogP contribution in [0.5, 0.6) is 0 Å². The number of benzene rings is 1. The number of likely N-dealkylation sites (tertiary alicyclic amines) is 1. The number of aromatic nitrogens is 2. The highest BCUT2D eigenvalue weighted by molar-refractivity contribution is 6.00. The van der Waals surface area contributed by atoms with Crippen LogP contribution in [0.1, 0.15) is 83.4 Å². The number of carbonyl (C=O) groups is 3. The third-order valence-electron chi connectivity index (χ3n) is 10.7. The normalized spacial score (nSPS) is 25.3. The van der Waals surface area contributed by atoms with Gasteiger partial charge in [0.25, 0.3) is 5.91 Å². The molecule has 1 saturated carbocycles. The predicted molar refractivity (Wildman–Crippen MR) is 153 cm³/mol. The second-order valence-corrected chi connectivity index (χ2v) is 13.5. The fraction of sp³-hybridized carbons (Fsp3) is 0.576. The Bertz CT molecular complexity index is 1580. The Labute approximate surface area is 253 Å². The van der Waals surface area contributed by atoms with E-state index in [4.69, 9.17) is 9.84 Å². The zero-order chi connectivity index (χ0) is 31.0. The van der Waals surface area contributed by atoms with Crippen LogP contribution in [0.15, 0.2) is 24.3 Å². The van der Waals surface area contributed by atoms with Crippen molar-refractivity contribution in [2.24, 2.45) is 17.3 Å². The zero-order valence-corrected chi connectivity index (χ0v) is 24.7. The number of carbonyl (C=O) groups excluding carboxylic acids is 2. The third kappa shape index (κ3) is 4.61. The Balaban J connectivity index is 1.27. The summed E-state index contributed by atoms with van der Waals surface area (Å²) < 4.78 is 49.6.